The summed E-state index contributed by atoms with van der Waals surface area (Å²) in [5, 5.41) is 9.58. The minimum Gasteiger partial charge on any atom is -0.496 e. The highest BCUT2D eigenvalue weighted by atomic mass is 32.2. The third kappa shape index (κ3) is 4.53. The van der Waals surface area contributed by atoms with Crippen molar-refractivity contribution in [2.24, 2.45) is 0 Å². The molecule has 3 aromatic rings. The summed E-state index contributed by atoms with van der Waals surface area (Å²) >= 11 is 1.40. The first-order valence-corrected chi connectivity index (χ1v) is 11.2. The standard InChI is InChI=1S/C22H26N4O3S/c1-16-8-9-20(28-2)18(13-16)19(27)15-30-22-24-23-21(25-10-4-3-5-11-25)26(22)14-17-7-6-12-29-17/h6-9,12-13H,3-5,10-11,14-15H2,1-2H3. The van der Waals surface area contributed by atoms with Crippen molar-refractivity contribution in [2.75, 3.05) is 30.9 Å². The van der Waals surface area contributed by atoms with Gasteiger partial charge in [-0.15, -0.1) is 10.2 Å². The number of thioether (sulfide) groups is 1. The van der Waals surface area contributed by atoms with Crippen molar-refractivity contribution in [1.82, 2.24) is 14.8 Å². The molecular weight excluding hydrogens is 400 g/mol. The molecule has 30 heavy (non-hydrogen) atoms. The smallest absolute Gasteiger partial charge is 0.228 e. The van der Waals surface area contributed by atoms with Gasteiger partial charge in [-0.25, -0.2) is 0 Å². The number of carbonyl (C=O) groups is 1. The SMILES string of the molecule is COc1ccc(C)cc1C(=O)CSc1nnc(N2CCCCC2)n1Cc1ccco1. The maximum atomic E-state index is 12.9. The number of aryl methyl sites for hydroxylation is 1. The van der Waals surface area contributed by atoms with E-state index in [1.165, 1.54) is 18.2 Å². The van der Waals surface area contributed by atoms with E-state index in [4.69, 9.17) is 9.15 Å². The van der Waals surface area contributed by atoms with Crippen LogP contribution >= 0.6 is 11.8 Å². The van der Waals surface area contributed by atoms with Crippen LogP contribution in [-0.2, 0) is 6.54 Å². The molecule has 2 aromatic heterocycles. The van der Waals surface area contributed by atoms with Crippen LogP contribution in [0.25, 0.3) is 0 Å². The van der Waals surface area contributed by atoms with E-state index in [2.05, 4.69) is 19.7 Å². The van der Waals surface area contributed by atoms with Crippen LogP contribution in [0.3, 0.4) is 0 Å². The summed E-state index contributed by atoms with van der Waals surface area (Å²) in [4.78, 5) is 15.2. The first-order chi connectivity index (χ1) is 14.7. The number of carbonyl (C=O) groups excluding carboxylic acids is 1. The first kappa shape index (κ1) is 20.5. The molecule has 4 rings (SSSR count). The van der Waals surface area contributed by atoms with Crippen LogP contribution in [0.2, 0.25) is 0 Å². The monoisotopic (exact) mass is 426 g/mol. The van der Waals surface area contributed by atoms with Crippen LogP contribution in [-0.4, -0.2) is 46.5 Å². The summed E-state index contributed by atoms with van der Waals surface area (Å²) in [6.07, 6.45) is 5.22. The van der Waals surface area contributed by atoms with Gasteiger partial charge in [0.25, 0.3) is 0 Å². The number of hydrogen-bond acceptors (Lipinski definition) is 7. The molecule has 0 N–H and O–H groups in total. The molecule has 1 fully saturated rings. The summed E-state index contributed by atoms with van der Waals surface area (Å²) in [7, 11) is 1.58. The summed E-state index contributed by atoms with van der Waals surface area (Å²) in [6, 6.07) is 9.46. The molecule has 158 valence electrons. The lowest BCUT2D eigenvalue weighted by Crippen LogP contribution is -2.32. The fourth-order valence-electron chi connectivity index (χ4n) is 3.66. The van der Waals surface area contributed by atoms with Gasteiger partial charge in [-0.1, -0.05) is 23.4 Å². The molecule has 0 atom stereocenters. The fraction of sp³-hybridized carbons (Fsp3) is 0.409. The van der Waals surface area contributed by atoms with Gasteiger partial charge in [0.05, 0.1) is 31.2 Å². The normalized spacial score (nSPS) is 14.1. The number of benzene rings is 1. The highest BCUT2D eigenvalue weighted by Crippen LogP contribution is 2.28. The van der Waals surface area contributed by atoms with Crippen molar-refractivity contribution < 1.29 is 13.9 Å². The Hall–Kier alpha value is -2.74. The molecule has 0 radical (unpaired) electrons. The number of hydrogen-bond donors (Lipinski definition) is 0. The molecular formula is C22H26N4O3S. The van der Waals surface area contributed by atoms with Crippen LogP contribution in [0.5, 0.6) is 5.75 Å². The Morgan fingerprint density at radius 3 is 2.77 bits per heavy atom. The fourth-order valence-corrected chi connectivity index (χ4v) is 4.48. The number of aromatic nitrogens is 3. The number of anilines is 1. The van der Waals surface area contributed by atoms with Crippen molar-refractivity contribution in [1.29, 1.82) is 0 Å². The highest BCUT2D eigenvalue weighted by Gasteiger charge is 2.22. The van der Waals surface area contributed by atoms with E-state index < -0.39 is 0 Å². The largest absolute Gasteiger partial charge is 0.496 e. The summed E-state index contributed by atoms with van der Waals surface area (Å²) in [6.45, 7) is 4.45. The van der Waals surface area contributed by atoms with E-state index in [1.54, 1.807) is 13.4 Å². The van der Waals surface area contributed by atoms with Crippen molar-refractivity contribution in [3.8, 4) is 5.75 Å². The molecule has 3 heterocycles. The van der Waals surface area contributed by atoms with Crippen LogP contribution in [0, 0.1) is 6.92 Å². The van der Waals surface area contributed by atoms with Crippen LogP contribution < -0.4 is 9.64 Å². The van der Waals surface area contributed by atoms with Gasteiger partial charge in [-0.3, -0.25) is 9.36 Å². The van der Waals surface area contributed by atoms with Crippen molar-refractivity contribution in [2.45, 2.75) is 37.9 Å². The van der Waals surface area contributed by atoms with Crippen LogP contribution in [0.1, 0.15) is 40.9 Å². The third-order valence-electron chi connectivity index (χ3n) is 5.22. The Kier molecular flexibility index (Phi) is 6.42. The van der Waals surface area contributed by atoms with Gasteiger partial charge in [0, 0.05) is 13.1 Å². The Morgan fingerprint density at radius 2 is 2.03 bits per heavy atom. The van der Waals surface area contributed by atoms with E-state index in [0.717, 1.165) is 43.2 Å². The van der Waals surface area contributed by atoms with Crippen LogP contribution in [0.15, 0.2) is 46.2 Å². The van der Waals surface area contributed by atoms with Crippen LogP contribution in [0.4, 0.5) is 5.95 Å². The average molecular weight is 427 g/mol. The number of furan rings is 1. The quantitative estimate of drug-likeness (QED) is 0.395. The van der Waals surface area contributed by atoms with E-state index in [9.17, 15) is 4.79 Å². The molecule has 0 amide bonds. The number of ketones is 1. The molecule has 0 aliphatic carbocycles. The molecule has 1 aliphatic rings. The Morgan fingerprint density at radius 1 is 1.20 bits per heavy atom. The van der Waals surface area contributed by atoms with E-state index in [1.807, 2.05) is 37.3 Å². The maximum absolute atomic E-state index is 12.9. The molecule has 1 aliphatic heterocycles. The van der Waals surface area contributed by atoms with E-state index >= 15 is 0 Å². The van der Waals surface area contributed by atoms with Gasteiger partial charge < -0.3 is 14.1 Å². The maximum Gasteiger partial charge on any atom is 0.228 e. The van der Waals surface area contributed by atoms with Crippen molar-refractivity contribution in [3.63, 3.8) is 0 Å². The number of rotatable bonds is 8. The molecule has 0 unspecified atom stereocenters. The third-order valence-corrected chi connectivity index (χ3v) is 6.18. The second kappa shape index (κ2) is 9.38. The zero-order chi connectivity index (χ0) is 20.9. The second-order valence-electron chi connectivity index (χ2n) is 7.41. The van der Waals surface area contributed by atoms with Gasteiger partial charge in [-0.05, 0) is 50.5 Å². The average Bonchev–Trinajstić information content (AvgIpc) is 3.43. The highest BCUT2D eigenvalue weighted by molar-refractivity contribution is 7.99. The Balaban J connectivity index is 1.55. The lowest BCUT2D eigenvalue weighted by molar-refractivity contribution is 0.101. The van der Waals surface area contributed by atoms with Crippen molar-refractivity contribution in [3.05, 3.63) is 53.5 Å². The van der Waals surface area contributed by atoms with Gasteiger partial charge in [0.15, 0.2) is 10.9 Å². The van der Waals surface area contributed by atoms with Crippen molar-refractivity contribution >= 4 is 23.5 Å². The van der Waals surface area contributed by atoms with Gasteiger partial charge in [0.2, 0.25) is 5.95 Å². The molecule has 8 heteroatoms. The second-order valence-corrected chi connectivity index (χ2v) is 8.35. The predicted molar refractivity (Wildman–Crippen MR) is 117 cm³/mol. The minimum atomic E-state index is 0.00706. The molecule has 0 spiro atoms. The summed E-state index contributed by atoms with van der Waals surface area (Å²) in [5.74, 6) is 2.54. The van der Waals surface area contributed by atoms with Gasteiger partial charge in [-0.2, -0.15) is 0 Å². The molecule has 0 saturated carbocycles. The summed E-state index contributed by atoms with van der Waals surface area (Å²) < 4.78 is 13.0. The Labute approximate surface area is 180 Å². The summed E-state index contributed by atoms with van der Waals surface area (Å²) in [5.41, 5.74) is 1.62. The zero-order valence-corrected chi connectivity index (χ0v) is 18.2. The molecule has 1 aromatic carbocycles. The van der Waals surface area contributed by atoms with E-state index in [-0.39, 0.29) is 11.5 Å². The number of Topliss-reactive ketones (excluding diaryl/α,β-unsaturated/α-hetero) is 1. The Bertz CT molecular complexity index is 994. The van der Waals surface area contributed by atoms with Gasteiger partial charge in [0.1, 0.15) is 11.5 Å². The number of nitrogens with zero attached hydrogens (tertiary/aromatic N) is 4. The number of ether oxygens (including phenoxy) is 1. The first-order valence-electron chi connectivity index (χ1n) is 10.2. The van der Waals surface area contributed by atoms with E-state index in [0.29, 0.717) is 23.0 Å². The number of methoxy groups -OCH3 is 1. The zero-order valence-electron chi connectivity index (χ0n) is 17.3. The lowest BCUT2D eigenvalue weighted by atomic mass is 10.1. The number of piperidine rings is 1. The molecule has 0 bridgehead atoms. The molecule has 1 saturated heterocycles. The van der Waals surface area contributed by atoms with Gasteiger partial charge >= 0.3 is 0 Å². The molecule has 7 nitrogen and oxygen atoms in total. The lowest BCUT2D eigenvalue weighted by Gasteiger charge is -2.27. The topological polar surface area (TPSA) is 73.4 Å². The predicted octanol–water partition coefficient (Wildman–Crippen LogP) is 4.20. The minimum absolute atomic E-state index is 0.00706.